The lowest BCUT2D eigenvalue weighted by Gasteiger charge is -2.23. The molecule has 0 aliphatic carbocycles. The topological polar surface area (TPSA) is 87.2 Å². The first kappa shape index (κ1) is 17.8. The summed E-state index contributed by atoms with van der Waals surface area (Å²) >= 11 is 0. The lowest BCUT2D eigenvalue weighted by molar-refractivity contribution is -0.121. The standard InChI is InChI=1S/C16H18N2O5S/c1-12(19)18(20)15-6-4-5-7-16(15)24(21,22)17(2)13-8-10-14(23-3)11-9-13/h4-11,20H,1-3H3. The van der Waals surface area contributed by atoms with Crippen molar-refractivity contribution in [2.75, 3.05) is 23.5 Å². The smallest absolute Gasteiger partial charge is 0.266 e. The number of rotatable bonds is 5. The molecular formula is C16H18N2O5S. The van der Waals surface area contributed by atoms with Crippen LogP contribution in [0.5, 0.6) is 5.75 Å². The number of sulfonamides is 1. The molecule has 8 heteroatoms. The molecule has 1 N–H and O–H groups in total. The van der Waals surface area contributed by atoms with Crippen LogP contribution in [0.2, 0.25) is 0 Å². The maximum Gasteiger partial charge on any atom is 0.266 e. The van der Waals surface area contributed by atoms with Crippen molar-refractivity contribution in [3.8, 4) is 5.75 Å². The number of nitrogens with zero attached hydrogens (tertiary/aromatic N) is 2. The zero-order valence-corrected chi connectivity index (χ0v) is 14.3. The van der Waals surface area contributed by atoms with E-state index in [0.717, 1.165) is 11.2 Å². The summed E-state index contributed by atoms with van der Waals surface area (Å²) in [6.07, 6.45) is 0. The molecule has 0 heterocycles. The predicted octanol–water partition coefficient (Wildman–Crippen LogP) is 2.26. The normalized spacial score (nSPS) is 11.0. The molecule has 0 saturated heterocycles. The van der Waals surface area contributed by atoms with Crippen LogP contribution in [0.15, 0.2) is 53.4 Å². The minimum Gasteiger partial charge on any atom is -0.497 e. The van der Waals surface area contributed by atoms with Crippen molar-refractivity contribution >= 4 is 27.3 Å². The van der Waals surface area contributed by atoms with Gasteiger partial charge in [-0.25, -0.2) is 8.42 Å². The number of hydrogen-bond donors (Lipinski definition) is 1. The molecule has 1 amide bonds. The average molecular weight is 350 g/mol. The van der Waals surface area contributed by atoms with Crippen LogP contribution in [-0.2, 0) is 14.8 Å². The second kappa shape index (κ2) is 6.90. The van der Waals surface area contributed by atoms with E-state index in [9.17, 15) is 18.4 Å². The average Bonchev–Trinajstić information content (AvgIpc) is 2.60. The Labute approximate surface area is 140 Å². The van der Waals surface area contributed by atoms with Gasteiger partial charge in [0.05, 0.1) is 18.5 Å². The van der Waals surface area contributed by atoms with Crippen LogP contribution in [-0.4, -0.2) is 33.7 Å². The Morgan fingerprint density at radius 3 is 2.21 bits per heavy atom. The van der Waals surface area contributed by atoms with Crippen molar-refractivity contribution in [2.24, 2.45) is 0 Å². The van der Waals surface area contributed by atoms with E-state index in [-0.39, 0.29) is 10.6 Å². The Morgan fingerprint density at radius 2 is 1.67 bits per heavy atom. The van der Waals surface area contributed by atoms with Crippen molar-refractivity contribution in [3.05, 3.63) is 48.5 Å². The number of hydroxylamine groups is 1. The number of benzene rings is 2. The molecule has 24 heavy (non-hydrogen) atoms. The van der Waals surface area contributed by atoms with Gasteiger partial charge < -0.3 is 4.74 Å². The predicted molar refractivity (Wildman–Crippen MR) is 90.0 cm³/mol. The Hall–Kier alpha value is -2.58. The minimum atomic E-state index is -3.98. The summed E-state index contributed by atoms with van der Waals surface area (Å²) in [5, 5.41) is 10.2. The maximum absolute atomic E-state index is 12.9. The summed E-state index contributed by atoms with van der Waals surface area (Å²) in [6, 6.07) is 12.2. The number of methoxy groups -OCH3 is 1. The van der Waals surface area contributed by atoms with Crippen LogP contribution in [0.3, 0.4) is 0 Å². The third-order valence-corrected chi connectivity index (χ3v) is 5.30. The van der Waals surface area contributed by atoms with Gasteiger partial charge in [-0.15, -0.1) is 0 Å². The van der Waals surface area contributed by atoms with Crippen molar-refractivity contribution in [1.82, 2.24) is 0 Å². The lowest BCUT2D eigenvalue weighted by atomic mass is 10.3. The number of para-hydroxylation sites is 1. The zero-order chi connectivity index (χ0) is 17.9. The molecule has 0 aliphatic heterocycles. The van der Waals surface area contributed by atoms with E-state index in [4.69, 9.17) is 4.74 Å². The molecule has 0 unspecified atom stereocenters. The molecule has 0 aliphatic rings. The highest BCUT2D eigenvalue weighted by atomic mass is 32.2. The van der Waals surface area contributed by atoms with E-state index in [1.54, 1.807) is 24.3 Å². The van der Waals surface area contributed by atoms with E-state index in [2.05, 4.69) is 0 Å². The fourth-order valence-electron chi connectivity index (χ4n) is 2.10. The van der Waals surface area contributed by atoms with Gasteiger partial charge in [0, 0.05) is 14.0 Å². The molecule has 0 spiro atoms. The van der Waals surface area contributed by atoms with E-state index in [1.165, 1.54) is 38.4 Å². The third kappa shape index (κ3) is 3.34. The molecule has 0 bridgehead atoms. The van der Waals surface area contributed by atoms with Crippen molar-refractivity contribution in [1.29, 1.82) is 0 Å². The van der Waals surface area contributed by atoms with Gasteiger partial charge in [-0.3, -0.25) is 14.3 Å². The van der Waals surface area contributed by atoms with Gasteiger partial charge >= 0.3 is 0 Å². The van der Waals surface area contributed by atoms with Gasteiger partial charge in [0.15, 0.2) is 0 Å². The Balaban J connectivity index is 2.48. The number of carbonyl (C=O) groups is 1. The largest absolute Gasteiger partial charge is 0.497 e. The Kier molecular flexibility index (Phi) is 5.10. The Bertz CT molecular complexity index is 834. The van der Waals surface area contributed by atoms with E-state index in [1.807, 2.05) is 0 Å². The second-order valence-corrected chi connectivity index (χ2v) is 6.91. The summed E-state index contributed by atoms with van der Waals surface area (Å²) in [5.41, 5.74) is 0.309. The molecule has 0 saturated carbocycles. The molecule has 2 rings (SSSR count). The van der Waals surface area contributed by atoms with Gasteiger partial charge in [0.1, 0.15) is 10.6 Å². The third-order valence-electron chi connectivity index (χ3n) is 3.47. The molecule has 2 aromatic rings. The number of carbonyl (C=O) groups excluding carboxylic acids is 1. The van der Waals surface area contributed by atoms with Crippen LogP contribution >= 0.6 is 0 Å². The maximum atomic E-state index is 12.9. The molecular weight excluding hydrogens is 332 g/mol. The van der Waals surface area contributed by atoms with Crippen molar-refractivity contribution in [2.45, 2.75) is 11.8 Å². The van der Waals surface area contributed by atoms with Gasteiger partial charge in [-0.1, -0.05) is 12.1 Å². The van der Waals surface area contributed by atoms with Crippen LogP contribution in [0, 0.1) is 0 Å². The van der Waals surface area contributed by atoms with Gasteiger partial charge in [-0.05, 0) is 36.4 Å². The van der Waals surface area contributed by atoms with Crippen LogP contribution in [0.25, 0.3) is 0 Å². The van der Waals surface area contributed by atoms with E-state index < -0.39 is 15.9 Å². The highest BCUT2D eigenvalue weighted by Crippen LogP contribution is 2.30. The summed E-state index contributed by atoms with van der Waals surface area (Å²) in [5.74, 6) is -0.0900. The fraction of sp³-hybridized carbons (Fsp3) is 0.188. The van der Waals surface area contributed by atoms with Gasteiger partial charge in [0.25, 0.3) is 10.0 Å². The molecule has 0 atom stereocenters. The number of hydrogen-bond acceptors (Lipinski definition) is 5. The molecule has 0 radical (unpaired) electrons. The highest BCUT2D eigenvalue weighted by Gasteiger charge is 2.27. The lowest BCUT2D eigenvalue weighted by Crippen LogP contribution is -2.30. The first-order chi connectivity index (χ1) is 11.3. The van der Waals surface area contributed by atoms with Crippen LogP contribution in [0.4, 0.5) is 11.4 Å². The molecule has 2 aromatic carbocycles. The van der Waals surface area contributed by atoms with E-state index in [0.29, 0.717) is 16.5 Å². The number of amides is 1. The quantitative estimate of drug-likeness (QED) is 0.660. The van der Waals surface area contributed by atoms with Gasteiger partial charge in [-0.2, -0.15) is 5.06 Å². The first-order valence-corrected chi connectivity index (χ1v) is 8.44. The number of ether oxygens (including phenoxy) is 1. The van der Waals surface area contributed by atoms with Crippen LogP contribution in [0.1, 0.15) is 6.92 Å². The van der Waals surface area contributed by atoms with Gasteiger partial charge in [0.2, 0.25) is 5.91 Å². The van der Waals surface area contributed by atoms with Crippen molar-refractivity contribution < 1.29 is 23.2 Å². The van der Waals surface area contributed by atoms with Crippen LogP contribution < -0.4 is 14.1 Å². The number of anilines is 2. The monoisotopic (exact) mass is 350 g/mol. The second-order valence-electron chi connectivity index (χ2n) is 4.97. The minimum absolute atomic E-state index is 0.106. The van der Waals surface area contributed by atoms with Crippen molar-refractivity contribution in [3.63, 3.8) is 0 Å². The molecule has 0 aromatic heterocycles. The summed E-state index contributed by atoms with van der Waals surface area (Å²) in [6.45, 7) is 1.14. The summed E-state index contributed by atoms with van der Waals surface area (Å²) < 4.78 is 31.9. The SMILES string of the molecule is COc1ccc(N(C)S(=O)(=O)c2ccccc2N(O)C(C)=O)cc1. The Morgan fingerprint density at radius 1 is 1.08 bits per heavy atom. The highest BCUT2D eigenvalue weighted by molar-refractivity contribution is 7.93. The molecule has 7 nitrogen and oxygen atoms in total. The fourth-order valence-corrected chi connectivity index (χ4v) is 3.46. The summed E-state index contributed by atoms with van der Waals surface area (Å²) in [4.78, 5) is 11.2. The first-order valence-electron chi connectivity index (χ1n) is 7.00. The molecule has 0 fully saturated rings. The molecule has 128 valence electrons. The van der Waals surface area contributed by atoms with E-state index >= 15 is 0 Å². The summed E-state index contributed by atoms with van der Waals surface area (Å²) in [7, 11) is -1.07. The zero-order valence-electron chi connectivity index (χ0n) is 13.5.